The van der Waals surface area contributed by atoms with Crippen molar-refractivity contribution in [1.82, 2.24) is 15.4 Å². The van der Waals surface area contributed by atoms with Crippen LogP contribution < -0.4 is 10.6 Å². The van der Waals surface area contributed by atoms with Gasteiger partial charge in [-0.25, -0.2) is 0 Å². The van der Waals surface area contributed by atoms with Gasteiger partial charge < -0.3 is 9.84 Å². The topological polar surface area (TPSA) is 70.4 Å². The summed E-state index contributed by atoms with van der Waals surface area (Å²) in [6.45, 7) is 4.47. The van der Waals surface area contributed by atoms with Gasteiger partial charge in [0.1, 0.15) is 0 Å². The average Bonchev–Trinajstić information content (AvgIpc) is 2.93. The van der Waals surface area contributed by atoms with Crippen molar-refractivity contribution >= 4 is 35.8 Å². The minimum atomic E-state index is -0.125. The minimum Gasteiger partial charge on any atom is -0.338 e. The van der Waals surface area contributed by atoms with Crippen molar-refractivity contribution < 1.29 is 9.32 Å². The first-order valence-electron chi connectivity index (χ1n) is 7.56. The normalized spacial score (nSPS) is 18.0. The van der Waals surface area contributed by atoms with E-state index in [4.69, 9.17) is 16.1 Å². The summed E-state index contributed by atoms with van der Waals surface area (Å²) >= 11 is 6.31. The number of aromatic nitrogens is 1. The molecule has 2 heterocycles. The molecule has 1 fully saturated rings. The van der Waals surface area contributed by atoms with Crippen LogP contribution in [0, 0.1) is 6.92 Å². The lowest BCUT2D eigenvalue weighted by atomic mass is 10.0. The van der Waals surface area contributed by atoms with Crippen molar-refractivity contribution in [3.8, 4) is 0 Å². The highest BCUT2D eigenvalue weighted by Crippen LogP contribution is 2.28. The Hall–Kier alpha value is -1.60. The first-order chi connectivity index (χ1) is 11.1. The van der Waals surface area contributed by atoms with E-state index in [-0.39, 0.29) is 30.9 Å². The number of piperazine rings is 1. The second-order valence-electron chi connectivity index (χ2n) is 5.59. The highest BCUT2D eigenvalue weighted by Gasteiger charge is 2.27. The molecule has 8 heteroatoms. The van der Waals surface area contributed by atoms with Crippen LogP contribution in [0.4, 0.5) is 5.88 Å². The minimum absolute atomic E-state index is 0. The smallest absolute Gasteiger partial charge is 0.240 e. The fourth-order valence-corrected chi connectivity index (χ4v) is 3.03. The van der Waals surface area contributed by atoms with E-state index in [2.05, 4.69) is 20.7 Å². The fraction of sp³-hybridized carbons (Fsp3) is 0.375. The quantitative estimate of drug-likeness (QED) is 0.865. The van der Waals surface area contributed by atoms with E-state index in [0.717, 1.165) is 35.9 Å². The first kappa shape index (κ1) is 18.7. The average molecular weight is 371 g/mol. The van der Waals surface area contributed by atoms with E-state index in [1.54, 1.807) is 6.07 Å². The lowest BCUT2D eigenvalue weighted by Gasteiger charge is -2.36. The number of nitrogens with zero attached hydrogens (tertiary/aromatic N) is 2. The van der Waals surface area contributed by atoms with Crippen LogP contribution in [0.25, 0.3) is 0 Å². The Morgan fingerprint density at radius 1 is 1.50 bits per heavy atom. The summed E-state index contributed by atoms with van der Waals surface area (Å²) in [5, 5.41) is 10.6. The number of amides is 1. The van der Waals surface area contributed by atoms with Gasteiger partial charge in [0.25, 0.3) is 0 Å². The van der Waals surface area contributed by atoms with Crippen LogP contribution >= 0.6 is 24.0 Å². The molecule has 1 saturated heterocycles. The number of nitrogens with one attached hydrogen (secondary N) is 2. The van der Waals surface area contributed by atoms with E-state index in [1.807, 2.05) is 31.2 Å². The monoisotopic (exact) mass is 370 g/mol. The molecule has 0 radical (unpaired) electrons. The molecule has 6 nitrogen and oxygen atoms in total. The zero-order valence-corrected chi connectivity index (χ0v) is 14.9. The summed E-state index contributed by atoms with van der Waals surface area (Å²) in [6, 6.07) is 9.52. The molecule has 1 aromatic carbocycles. The van der Waals surface area contributed by atoms with E-state index >= 15 is 0 Å². The van der Waals surface area contributed by atoms with Gasteiger partial charge in [-0.05, 0) is 18.6 Å². The molecule has 0 aliphatic carbocycles. The molecule has 1 atom stereocenters. The summed E-state index contributed by atoms with van der Waals surface area (Å²) in [6.07, 6.45) is 0. The number of hydrogen-bond acceptors (Lipinski definition) is 5. The van der Waals surface area contributed by atoms with Crippen molar-refractivity contribution in [2.45, 2.75) is 13.0 Å². The Morgan fingerprint density at radius 2 is 2.29 bits per heavy atom. The molecule has 130 valence electrons. The predicted molar refractivity (Wildman–Crippen MR) is 95.8 cm³/mol. The summed E-state index contributed by atoms with van der Waals surface area (Å²) in [5.74, 6) is 0.247. The number of hydrogen-bond donors (Lipinski definition) is 2. The summed E-state index contributed by atoms with van der Waals surface area (Å²) in [5.41, 5.74) is 1.76. The number of benzene rings is 1. The van der Waals surface area contributed by atoms with Crippen LogP contribution in [0.5, 0.6) is 0 Å². The third-order valence-corrected chi connectivity index (χ3v) is 4.20. The lowest BCUT2D eigenvalue weighted by Crippen LogP contribution is -2.48. The van der Waals surface area contributed by atoms with Gasteiger partial charge in [0, 0.05) is 36.8 Å². The first-order valence-corrected chi connectivity index (χ1v) is 7.93. The molecule has 1 unspecified atom stereocenters. The summed E-state index contributed by atoms with van der Waals surface area (Å²) in [7, 11) is 0. The van der Waals surface area contributed by atoms with Gasteiger partial charge >= 0.3 is 0 Å². The van der Waals surface area contributed by atoms with Gasteiger partial charge in [-0.3, -0.25) is 15.0 Å². The Kier molecular flexibility index (Phi) is 6.62. The van der Waals surface area contributed by atoms with Gasteiger partial charge in [0.05, 0.1) is 12.2 Å². The number of aryl methyl sites for hydroxylation is 1. The van der Waals surface area contributed by atoms with Crippen LogP contribution in [0.2, 0.25) is 5.02 Å². The van der Waals surface area contributed by atoms with Crippen molar-refractivity contribution in [3.05, 3.63) is 46.6 Å². The van der Waals surface area contributed by atoms with Crippen molar-refractivity contribution in [2.75, 3.05) is 31.5 Å². The van der Waals surface area contributed by atoms with Gasteiger partial charge in [-0.2, -0.15) is 0 Å². The molecule has 0 spiro atoms. The molecule has 1 aromatic heterocycles. The molecule has 24 heavy (non-hydrogen) atoms. The zero-order valence-electron chi connectivity index (χ0n) is 13.3. The van der Waals surface area contributed by atoms with Crippen LogP contribution in [0.1, 0.15) is 17.3 Å². The number of rotatable bonds is 4. The Labute approximate surface area is 151 Å². The molecule has 1 amide bonds. The van der Waals surface area contributed by atoms with Crippen molar-refractivity contribution in [1.29, 1.82) is 0 Å². The van der Waals surface area contributed by atoms with Crippen LogP contribution in [0.3, 0.4) is 0 Å². The van der Waals surface area contributed by atoms with Gasteiger partial charge in [-0.15, -0.1) is 12.4 Å². The molecule has 0 bridgehead atoms. The summed E-state index contributed by atoms with van der Waals surface area (Å²) in [4.78, 5) is 14.4. The standard InChI is InChI=1S/C16H19ClN4O2.ClH/c1-11-8-16(23-20-11)19-15(22)10-21-7-6-18-9-14(21)12-4-2-3-5-13(12)17;/h2-5,8,14,18H,6-7,9-10H2,1H3,(H,19,22);1H. The van der Waals surface area contributed by atoms with Crippen molar-refractivity contribution in [3.63, 3.8) is 0 Å². The highest BCUT2D eigenvalue weighted by molar-refractivity contribution is 6.31. The maximum Gasteiger partial charge on any atom is 0.240 e. The predicted octanol–water partition coefficient (Wildman–Crippen LogP) is 2.64. The Balaban J connectivity index is 0.00000208. The maximum atomic E-state index is 12.3. The molecule has 1 aliphatic heterocycles. The number of carbonyl (C=O) groups excluding carboxylic acids is 1. The second kappa shape index (κ2) is 8.48. The lowest BCUT2D eigenvalue weighted by molar-refractivity contribution is -0.118. The van der Waals surface area contributed by atoms with Crippen LogP contribution in [0.15, 0.2) is 34.9 Å². The van der Waals surface area contributed by atoms with Gasteiger partial charge in [-0.1, -0.05) is 35.0 Å². The van der Waals surface area contributed by atoms with Crippen molar-refractivity contribution in [2.24, 2.45) is 0 Å². The summed E-state index contributed by atoms with van der Waals surface area (Å²) < 4.78 is 5.02. The SMILES string of the molecule is Cc1cc(NC(=O)CN2CCNCC2c2ccccc2Cl)on1.Cl. The number of anilines is 1. The molecule has 3 rings (SSSR count). The van der Waals surface area contributed by atoms with Gasteiger partial charge in [0.15, 0.2) is 0 Å². The Bertz CT molecular complexity index is 692. The van der Waals surface area contributed by atoms with E-state index in [0.29, 0.717) is 5.88 Å². The second-order valence-corrected chi connectivity index (χ2v) is 6.00. The molecule has 2 N–H and O–H groups in total. The van der Waals surface area contributed by atoms with Crippen LogP contribution in [-0.4, -0.2) is 42.1 Å². The van der Waals surface area contributed by atoms with E-state index in [1.165, 1.54) is 0 Å². The van der Waals surface area contributed by atoms with Gasteiger partial charge in [0.2, 0.25) is 11.8 Å². The third-order valence-electron chi connectivity index (χ3n) is 3.86. The molecule has 1 aliphatic rings. The largest absolute Gasteiger partial charge is 0.338 e. The number of halogens is 2. The molecular weight excluding hydrogens is 351 g/mol. The van der Waals surface area contributed by atoms with E-state index < -0.39 is 0 Å². The van der Waals surface area contributed by atoms with E-state index in [9.17, 15) is 4.79 Å². The zero-order chi connectivity index (χ0) is 16.2. The fourth-order valence-electron chi connectivity index (χ4n) is 2.77. The van der Waals surface area contributed by atoms with Crippen LogP contribution in [-0.2, 0) is 4.79 Å². The maximum absolute atomic E-state index is 12.3. The Morgan fingerprint density at radius 3 is 3.00 bits per heavy atom. The third kappa shape index (κ3) is 4.48. The molecule has 0 saturated carbocycles. The number of carbonyl (C=O) groups is 1. The molecule has 2 aromatic rings. The highest BCUT2D eigenvalue weighted by atomic mass is 35.5. The molecular formula is C16H20Cl2N4O2.